The number of amides is 1. The van der Waals surface area contributed by atoms with Gasteiger partial charge >= 0.3 is 0 Å². The molecule has 80 valence electrons. The van der Waals surface area contributed by atoms with Crippen LogP contribution in [-0.2, 0) is 4.79 Å². The van der Waals surface area contributed by atoms with Crippen LogP contribution in [0.15, 0.2) is 30.3 Å². The summed E-state index contributed by atoms with van der Waals surface area (Å²) in [5.74, 6) is -0.173. The molecule has 16 heavy (non-hydrogen) atoms. The summed E-state index contributed by atoms with van der Waals surface area (Å²) >= 11 is 0. The molecule has 0 aliphatic heterocycles. The molecule has 0 spiro atoms. The molecular formula is C12H10N2O2. The highest BCUT2D eigenvalue weighted by Crippen LogP contribution is 2.22. The fraction of sp³-hybridized carbons (Fsp3) is 0.0833. The highest BCUT2D eigenvalue weighted by molar-refractivity contribution is 6.01. The highest BCUT2D eigenvalue weighted by atomic mass is 16.1. The lowest BCUT2D eigenvalue weighted by Gasteiger charge is -2.07. The van der Waals surface area contributed by atoms with Gasteiger partial charge in [-0.1, -0.05) is 18.2 Å². The van der Waals surface area contributed by atoms with Crippen molar-refractivity contribution in [1.29, 1.82) is 0 Å². The summed E-state index contributed by atoms with van der Waals surface area (Å²) in [6.45, 7) is 1.43. The third-order valence-electron chi connectivity index (χ3n) is 2.17. The average molecular weight is 214 g/mol. The summed E-state index contributed by atoms with van der Waals surface area (Å²) < 4.78 is 0. The van der Waals surface area contributed by atoms with Crippen LogP contribution < -0.4 is 5.32 Å². The number of aldehydes is 1. The Labute approximate surface area is 92.3 Å². The molecule has 4 nitrogen and oxygen atoms in total. The van der Waals surface area contributed by atoms with E-state index in [1.165, 1.54) is 6.92 Å². The van der Waals surface area contributed by atoms with E-state index < -0.39 is 0 Å². The SMILES string of the molecule is CC(=O)Nc1cc(C=O)nc2ccccc12. The van der Waals surface area contributed by atoms with Gasteiger partial charge in [-0.05, 0) is 12.1 Å². The van der Waals surface area contributed by atoms with Crippen LogP contribution in [0.25, 0.3) is 10.9 Å². The molecule has 0 saturated carbocycles. The second-order valence-electron chi connectivity index (χ2n) is 3.41. The number of hydrogen-bond donors (Lipinski definition) is 1. The Morgan fingerprint density at radius 3 is 2.81 bits per heavy atom. The summed E-state index contributed by atoms with van der Waals surface area (Å²) in [6, 6.07) is 8.91. The van der Waals surface area contributed by atoms with E-state index >= 15 is 0 Å². The van der Waals surface area contributed by atoms with Crippen LogP contribution in [0.2, 0.25) is 0 Å². The van der Waals surface area contributed by atoms with Gasteiger partial charge in [0.15, 0.2) is 6.29 Å². The van der Waals surface area contributed by atoms with E-state index in [-0.39, 0.29) is 5.91 Å². The normalized spacial score (nSPS) is 10.1. The number of benzene rings is 1. The Balaban J connectivity index is 2.67. The van der Waals surface area contributed by atoms with Gasteiger partial charge in [-0.2, -0.15) is 0 Å². The minimum atomic E-state index is -0.173. The van der Waals surface area contributed by atoms with E-state index in [1.807, 2.05) is 18.2 Å². The Kier molecular flexibility index (Phi) is 2.64. The average Bonchev–Trinajstić information content (AvgIpc) is 2.28. The zero-order valence-corrected chi connectivity index (χ0v) is 8.73. The number of carbonyl (C=O) groups is 2. The van der Waals surface area contributed by atoms with Crippen LogP contribution in [-0.4, -0.2) is 17.2 Å². The smallest absolute Gasteiger partial charge is 0.221 e. The lowest BCUT2D eigenvalue weighted by atomic mass is 10.1. The van der Waals surface area contributed by atoms with Crippen molar-refractivity contribution >= 4 is 28.8 Å². The molecule has 2 aromatic rings. The topological polar surface area (TPSA) is 59.1 Å². The summed E-state index contributed by atoms with van der Waals surface area (Å²) in [7, 11) is 0. The summed E-state index contributed by atoms with van der Waals surface area (Å²) in [5.41, 5.74) is 1.61. The van der Waals surface area contributed by atoms with Gasteiger partial charge in [0, 0.05) is 12.3 Å². The number of fused-ring (bicyclic) bond motifs is 1. The number of aromatic nitrogens is 1. The van der Waals surface area contributed by atoms with Crippen LogP contribution in [0.5, 0.6) is 0 Å². The quantitative estimate of drug-likeness (QED) is 0.778. The molecule has 0 aliphatic carbocycles. The van der Waals surface area contributed by atoms with Crippen molar-refractivity contribution in [2.75, 3.05) is 5.32 Å². The minimum absolute atomic E-state index is 0.173. The Morgan fingerprint density at radius 2 is 2.12 bits per heavy atom. The Bertz CT molecular complexity index is 564. The van der Waals surface area contributed by atoms with E-state index in [4.69, 9.17) is 0 Å². The first-order valence-corrected chi connectivity index (χ1v) is 4.83. The van der Waals surface area contributed by atoms with Crippen LogP contribution in [0, 0.1) is 0 Å². The zero-order valence-electron chi connectivity index (χ0n) is 8.73. The van der Waals surface area contributed by atoms with Crippen LogP contribution in [0.1, 0.15) is 17.4 Å². The number of pyridine rings is 1. The van der Waals surface area contributed by atoms with Crippen LogP contribution in [0.3, 0.4) is 0 Å². The predicted octanol–water partition coefficient (Wildman–Crippen LogP) is 2.01. The fourth-order valence-electron chi connectivity index (χ4n) is 1.55. The number of nitrogens with one attached hydrogen (secondary N) is 1. The number of para-hydroxylation sites is 1. The first-order valence-electron chi connectivity index (χ1n) is 4.83. The number of nitrogens with zero attached hydrogens (tertiary/aromatic N) is 1. The van der Waals surface area contributed by atoms with E-state index in [0.29, 0.717) is 23.2 Å². The molecular weight excluding hydrogens is 204 g/mol. The van der Waals surface area contributed by atoms with Crippen LogP contribution in [0.4, 0.5) is 5.69 Å². The monoisotopic (exact) mass is 214 g/mol. The van der Waals surface area contributed by atoms with E-state index in [0.717, 1.165) is 5.39 Å². The molecule has 0 unspecified atom stereocenters. The summed E-state index contributed by atoms with van der Waals surface area (Å²) in [6.07, 6.45) is 0.664. The number of carbonyl (C=O) groups excluding carboxylic acids is 2. The predicted molar refractivity (Wildman–Crippen MR) is 61.4 cm³/mol. The minimum Gasteiger partial charge on any atom is -0.326 e. The standard InChI is InChI=1S/C12H10N2O2/c1-8(16)13-12-6-9(7-15)14-11-5-3-2-4-10(11)12/h2-7H,1H3,(H,13,14,16). The van der Waals surface area contributed by atoms with Crippen molar-refractivity contribution in [2.24, 2.45) is 0 Å². The zero-order chi connectivity index (χ0) is 11.5. The molecule has 0 saturated heterocycles. The van der Waals surface area contributed by atoms with Gasteiger partial charge in [-0.3, -0.25) is 9.59 Å². The molecule has 1 N–H and O–H groups in total. The second kappa shape index (κ2) is 4.10. The van der Waals surface area contributed by atoms with Gasteiger partial charge in [-0.25, -0.2) is 4.98 Å². The molecule has 2 rings (SSSR count). The van der Waals surface area contributed by atoms with Gasteiger partial charge in [0.2, 0.25) is 5.91 Å². The number of rotatable bonds is 2. The van der Waals surface area contributed by atoms with E-state index in [1.54, 1.807) is 12.1 Å². The van der Waals surface area contributed by atoms with Gasteiger partial charge in [0.05, 0.1) is 11.2 Å². The van der Waals surface area contributed by atoms with Crippen molar-refractivity contribution in [3.63, 3.8) is 0 Å². The third kappa shape index (κ3) is 1.91. The summed E-state index contributed by atoms with van der Waals surface area (Å²) in [5, 5.41) is 3.51. The Morgan fingerprint density at radius 1 is 1.38 bits per heavy atom. The number of anilines is 1. The molecule has 0 aliphatic rings. The molecule has 4 heteroatoms. The van der Waals surface area contributed by atoms with Crippen LogP contribution >= 0.6 is 0 Å². The molecule has 1 aromatic heterocycles. The largest absolute Gasteiger partial charge is 0.326 e. The molecule has 1 heterocycles. The maximum atomic E-state index is 11.0. The van der Waals surface area contributed by atoms with Gasteiger partial charge < -0.3 is 5.32 Å². The maximum absolute atomic E-state index is 11.0. The van der Waals surface area contributed by atoms with Crippen molar-refractivity contribution in [3.05, 3.63) is 36.0 Å². The fourth-order valence-corrected chi connectivity index (χ4v) is 1.55. The lowest BCUT2D eigenvalue weighted by Crippen LogP contribution is -2.07. The van der Waals surface area contributed by atoms with Gasteiger partial charge in [0.25, 0.3) is 0 Å². The molecule has 1 amide bonds. The van der Waals surface area contributed by atoms with Gasteiger partial charge in [-0.15, -0.1) is 0 Å². The molecule has 1 aromatic carbocycles. The highest BCUT2D eigenvalue weighted by Gasteiger charge is 2.05. The molecule has 0 atom stereocenters. The summed E-state index contributed by atoms with van der Waals surface area (Å²) in [4.78, 5) is 25.9. The second-order valence-corrected chi connectivity index (χ2v) is 3.41. The first-order chi connectivity index (χ1) is 7.70. The molecule has 0 radical (unpaired) electrons. The van der Waals surface area contributed by atoms with E-state index in [9.17, 15) is 9.59 Å². The number of hydrogen-bond acceptors (Lipinski definition) is 3. The molecule has 0 bridgehead atoms. The van der Waals surface area contributed by atoms with Crippen molar-refractivity contribution in [2.45, 2.75) is 6.92 Å². The Hall–Kier alpha value is -2.23. The lowest BCUT2D eigenvalue weighted by molar-refractivity contribution is -0.114. The molecule has 0 fully saturated rings. The van der Waals surface area contributed by atoms with Crippen molar-refractivity contribution < 1.29 is 9.59 Å². The van der Waals surface area contributed by atoms with Crippen molar-refractivity contribution in [3.8, 4) is 0 Å². The maximum Gasteiger partial charge on any atom is 0.221 e. The van der Waals surface area contributed by atoms with Crippen molar-refractivity contribution in [1.82, 2.24) is 4.98 Å². The van der Waals surface area contributed by atoms with Gasteiger partial charge in [0.1, 0.15) is 5.69 Å². The van der Waals surface area contributed by atoms with E-state index in [2.05, 4.69) is 10.3 Å². The first kappa shape index (κ1) is 10.3. The third-order valence-corrected chi connectivity index (χ3v) is 2.17.